The second-order valence-corrected chi connectivity index (χ2v) is 12.5. The molecule has 6 nitrogen and oxygen atoms in total. The van der Waals surface area contributed by atoms with Crippen LogP contribution in [0.5, 0.6) is 0 Å². The summed E-state index contributed by atoms with van der Waals surface area (Å²) in [5.74, 6) is 2.09. The molecule has 0 saturated carbocycles. The van der Waals surface area contributed by atoms with Crippen molar-refractivity contribution in [2.24, 2.45) is 7.05 Å². The van der Waals surface area contributed by atoms with Crippen molar-refractivity contribution >= 4 is 33.0 Å². The van der Waals surface area contributed by atoms with Gasteiger partial charge in [0.15, 0.2) is 5.82 Å². The Morgan fingerprint density at radius 3 is 2.10 bits per heavy atom. The van der Waals surface area contributed by atoms with Crippen molar-refractivity contribution < 1.29 is 8.98 Å². The first kappa shape index (κ1) is 25.1. The van der Waals surface area contributed by atoms with Gasteiger partial charge in [0, 0.05) is 39.1 Å². The molecule has 0 atom stereocenters. The van der Waals surface area contributed by atoms with E-state index in [0.717, 1.165) is 39.3 Å². The topological polar surface area (TPSA) is 68.6 Å². The lowest BCUT2D eigenvalue weighted by Gasteiger charge is -2.22. The number of hydrogen-bond acceptors (Lipinski definition) is 5. The van der Waals surface area contributed by atoms with Crippen molar-refractivity contribution in [2.45, 2.75) is 59.3 Å². The van der Waals surface area contributed by atoms with Crippen LogP contribution in [0, 0.1) is 6.92 Å². The van der Waals surface area contributed by atoms with Crippen LogP contribution in [0.25, 0.3) is 55.7 Å². The number of aromatic nitrogens is 5. The van der Waals surface area contributed by atoms with E-state index >= 15 is 0 Å². The predicted molar refractivity (Wildman–Crippen MR) is 157 cm³/mol. The van der Waals surface area contributed by atoms with Gasteiger partial charge in [-0.2, -0.15) is 4.57 Å². The Hall–Kier alpha value is -4.19. The monoisotopic (exact) mass is 516 g/mol. The molecule has 0 amide bonds. The molecule has 39 heavy (non-hydrogen) atoms. The fourth-order valence-electron chi connectivity index (χ4n) is 4.99. The molecule has 0 fully saturated rings. The second kappa shape index (κ2) is 8.67. The van der Waals surface area contributed by atoms with Crippen LogP contribution in [-0.2, 0) is 17.9 Å². The van der Waals surface area contributed by atoms with Crippen molar-refractivity contribution in [1.82, 2.24) is 19.9 Å². The van der Waals surface area contributed by atoms with Crippen LogP contribution in [0.15, 0.2) is 65.1 Å². The maximum atomic E-state index is 6.36. The standard InChI is InChI=1S/C33H34N5O/c1-19-17-23-21-14-15-24(28-35-30(32(2,3)4)37-31(36-28)33(5,6)7)34-29(21)39-27(23)18-22(19)26-16-13-20-11-9-10-12-25(20)38(26)8/h9-18H,1-8H3/q+1. The first-order valence-corrected chi connectivity index (χ1v) is 13.4. The van der Waals surface area contributed by atoms with Gasteiger partial charge < -0.3 is 4.42 Å². The lowest BCUT2D eigenvalue weighted by atomic mass is 9.93. The van der Waals surface area contributed by atoms with Gasteiger partial charge in [-0.15, -0.1) is 0 Å². The molecule has 0 N–H and O–H groups in total. The van der Waals surface area contributed by atoms with Gasteiger partial charge in [-0.05, 0) is 48.9 Å². The Bertz CT molecular complexity index is 1870. The molecule has 0 bridgehead atoms. The van der Waals surface area contributed by atoms with E-state index in [-0.39, 0.29) is 10.8 Å². The maximum absolute atomic E-state index is 6.36. The number of furan rings is 1. The highest BCUT2D eigenvalue weighted by Gasteiger charge is 2.26. The van der Waals surface area contributed by atoms with E-state index in [1.165, 1.54) is 16.5 Å². The van der Waals surface area contributed by atoms with Crippen LogP contribution in [0.4, 0.5) is 0 Å². The summed E-state index contributed by atoms with van der Waals surface area (Å²) in [7, 11) is 2.11. The Morgan fingerprint density at radius 1 is 0.718 bits per heavy atom. The zero-order valence-corrected chi connectivity index (χ0v) is 23.9. The molecule has 0 aliphatic heterocycles. The SMILES string of the molecule is Cc1cc2c(cc1-c1ccc3ccccc3[n+]1C)oc1nc(-c3nc(C(C)(C)C)nc(C(C)(C)C)n3)ccc12. The van der Waals surface area contributed by atoms with Crippen molar-refractivity contribution in [3.8, 4) is 22.8 Å². The molecule has 0 radical (unpaired) electrons. The van der Waals surface area contributed by atoms with Gasteiger partial charge in [-0.25, -0.2) is 19.9 Å². The molecule has 0 unspecified atom stereocenters. The van der Waals surface area contributed by atoms with Crippen LogP contribution in [0.3, 0.4) is 0 Å². The van der Waals surface area contributed by atoms with E-state index < -0.39 is 0 Å². The summed E-state index contributed by atoms with van der Waals surface area (Å²) >= 11 is 0. The second-order valence-electron chi connectivity index (χ2n) is 12.5. The van der Waals surface area contributed by atoms with Crippen LogP contribution in [0.1, 0.15) is 58.8 Å². The first-order chi connectivity index (χ1) is 18.4. The molecular formula is C33H34N5O+. The quantitative estimate of drug-likeness (QED) is 0.225. The minimum Gasteiger partial charge on any atom is -0.438 e. The Labute approximate surface area is 228 Å². The van der Waals surface area contributed by atoms with Crippen molar-refractivity contribution in [1.29, 1.82) is 0 Å². The van der Waals surface area contributed by atoms with Crippen LogP contribution < -0.4 is 4.57 Å². The molecule has 4 heterocycles. The van der Waals surface area contributed by atoms with Gasteiger partial charge >= 0.3 is 0 Å². The zero-order valence-electron chi connectivity index (χ0n) is 23.9. The van der Waals surface area contributed by atoms with Crippen molar-refractivity contribution in [2.75, 3.05) is 0 Å². The van der Waals surface area contributed by atoms with Crippen molar-refractivity contribution in [3.05, 3.63) is 77.9 Å². The van der Waals surface area contributed by atoms with Crippen LogP contribution in [-0.4, -0.2) is 19.9 Å². The predicted octanol–water partition coefficient (Wildman–Crippen LogP) is 7.38. The van der Waals surface area contributed by atoms with E-state index in [0.29, 0.717) is 17.2 Å². The highest BCUT2D eigenvalue weighted by Crippen LogP contribution is 2.35. The number of pyridine rings is 2. The average molecular weight is 517 g/mol. The molecule has 2 aromatic carbocycles. The fourth-order valence-corrected chi connectivity index (χ4v) is 4.99. The van der Waals surface area contributed by atoms with E-state index in [4.69, 9.17) is 24.4 Å². The highest BCUT2D eigenvalue weighted by atomic mass is 16.3. The van der Waals surface area contributed by atoms with Gasteiger partial charge in [0.2, 0.25) is 16.9 Å². The van der Waals surface area contributed by atoms with Gasteiger partial charge in [0.05, 0.1) is 5.56 Å². The Balaban J connectivity index is 1.50. The third kappa shape index (κ3) is 4.34. The summed E-state index contributed by atoms with van der Waals surface area (Å²) in [6, 6.07) is 21.2. The molecule has 6 rings (SSSR count). The summed E-state index contributed by atoms with van der Waals surface area (Å²) in [6.45, 7) is 14.8. The Kier molecular flexibility index (Phi) is 5.58. The number of hydrogen-bond donors (Lipinski definition) is 0. The Morgan fingerprint density at radius 2 is 1.41 bits per heavy atom. The number of benzene rings is 2. The molecule has 0 aliphatic rings. The number of fused-ring (bicyclic) bond motifs is 4. The molecule has 6 heteroatoms. The third-order valence-electron chi connectivity index (χ3n) is 7.25. The summed E-state index contributed by atoms with van der Waals surface area (Å²) in [4.78, 5) is 19.3. The van der Waals surface area contributed by atoms with Gasteiger partial charge in [0.25, 0.3) is 0 Å². The highest BCUT2D eigenvalue weighted by molar-refractivity contribution is 6.05. The average Bonchev–Trinajstić information content (AvgIpc) is 3.24. The molecule has 0 aliphatic carbocycles. The smallest absolute Gasteiger partial charge is 0.227 e. The van der Waals surface area contributed by atoms with Gasteiger partial charge in [-0.1, -0.05) is 53.7 Å². The normalized spacial score (nSPS) is 12.6. The van der Waals surface area contributed by atoms with Gasteiger partial charge in [0.1, 0.15) is 30.0 Å². The van der Waals surface area contributed by atoms with Crippen molar-refractivity contribution in [3.63, 3.8) is 0 Å². The molecule has 196 valence electrons. The summed E-state index contributed by atoms with van der Waals surface area (Å²) in [5.41, 5.74) is 6.28. The molecular weight excluding hydrogens is 482 g/mol. The van der Waals surface area contributed by atoms with E-state index in [1.54, 1.807) is 0 Å². The van der Waals surface area contributed by atoms with Crippen LogP contribution >= 0.6 is 0 Å². The third-order valence-corrected chi connectivity index (χ3v) is 7.25. The summed E-state index contributed by atoms with van der Waals surface area (Å²) in [6.07, 6.45) is 0. The largest absolute Gasteiger partial charge is 0.438 e. The fraction of sp³-hybridized carbons (Fsp3) is 0.303. The van der Waals surface area contributed by atoms with Crippen LogP contribution in [0.2, 0.25) is 0 Å². The summed E-state index contributed by atoms with van der Waals surface area (Å²) < 4.78 is 8.60. The molecule has 4 aromatic heterocycles. The maximum Gasteiger partial charge on any atom is 0.227 e. The molecule has 0 spiro atoms. The number of aryl methyl sites for hydroxylation is 2. The number of nitrogens with zero attached hydrogens (tertiary/aromatic N) is 5. The number of rotatable bonds is 2. The van der Waals surface area contributed by atoms with E-state index in [1.807, 2.05) is 6.07 Å². The van der Waals surface area contributed by atoms with E-state index in [9.17, 15) is 0 Å². The lowest BCUT2D eigenvalue weighted by molar-refractivity contribution is -0.633. The minimum atomic E-state index is -0.214. The molecule has 0 saturated heterocycles. The zero-order chi connectivity index (χ0) is 27.7. The molecule has 6 aromatic rings. The lowest BCUT2D eigenvalue weighted by Crippen LogP contribution is -2.32. The first-order valence-electron chi connectivity index (χ1n) is 13.4. The minimum absolute atomic E-state index is 0.214. The number of para-hydroxylation sites is 1. The van der Waals surface area contributed by atoms with E-state index in [2.05, 4.69) is 115 Å². The summed E-state index contributed by atoms with van der Waals surface area (Å²) in [5, 5.41) is 3.24. The van der Waals surface area contributed by atoms with Gasteiger partial charge in [-0.3, -0.25) is 0 Å².